The molecule has 1 atom stereocenters. The molecule has 0 amide bonds. The van der Waals surface area contributed by atoms with Crippen LogP contribution in [0.5, 0.6) is 5.75 Å². The normalized spacial score (nSPS) is 20.6. The first-order valence-corrected chi connectivity index (χ1v) is 4.66. The van der Waals surface area contributed by atoms with Crippen molar-refractivity contribution in [2.75, 3.05) is 6.61 Å². The third-order valence-corrected chi connectivity index (χ3v) is 2.19. The largest absolute Gasteiger partial charge is 0.479 e. The van der Waals surface area contributed by atoms with Crippen LogP contribution in [0.15, 0.2) is 24.3 Å². The molecule has 3 nitrogen and oxygen atoms in total. The quantitative estimate of drug-likeness (QED) is 0.669. The molecule has 1 aliphatic heterocycles. The Kier molecular flexibility index (Phi) is 2.39. The Labute approximate surface area is 82.6 Å². The number of rotatable bonds is 2. The Morgan fingerprint density at radius 1 is 1.36 bits per heavy atom. The van der Waals surface area contributed by atoms with Gasteiger partial charge in [-0.05, 0) is 19.1 Å². The van der Waals surface area contributed by atoms with Crippen molar-refractivity contribution in [1.82, 2.24) is 0 Å². The van der Waals surface area contributed by atoms with E-state index in [0.29, 0.717) is 13.0 Å². The first kappa shape index (κ1) is 9.06. The maximum Gasteiger partial charge on any atom is 0.347 e. The van der Waals surface area contributed by atoms with Crippen molar-refractivity contribution in [3.8, 4) is 5.75 Å². The van der Waals surface area contributed by atoms with E-state index in [1.807, 2.05) is 31.2 Å². The van der Waals surface area contributed by atoms with E-state index in [9.17, 15) is 4.79 Å². The second-order valence-electron chi connectivity index (χ2n) is 3.38. The van der Waals surface area contributed by atoms with Crippen molar-refractivity contribution in [1.29, 1.82) is 0 Å². The van der Waals surface area contributed by atoms with Crippen LogP contribution in [-0.4, -0.2) is 18.7 Å². The van der Waals surface area contributed by atoms with Gasteiger partial charge in [0.25, 0.3) is 0 Å². The lowest BCUT2D eigenvalue weighted by Crippen LogP contribution is -2.21. The van der Waals surface area contributed by atoms with E-state index in [0.717, 1.165) is 5.75 Å². The van der Waals surface area contributed by atoms with Crippen molar-refractivity contribution in [3.05, 3.63) is 29.8 Å². The Hall–Kier alpha value is -1.51. The molecule has 1 aromatic carbocycles. The van der Waals surface area contributed by atoms with Gasteiger partial charge in [0, 0.05) is 6.42 Å². The Bertz CT molecular complexity index is 329. The fourth-order valence-corrected chi connectivity index (χ4v) is 1.37. The molecule has 74 valence electrons. The predicted octanol–water partition coefficient (Wildman–Crippen LogP) is 1.69. The average molecular weight is 192 g/mol. The first-order chi connectivity index (χ1) is 6.75. The van der Waals surface area contributed by atoms with Crippen LogP contribution in [0.1, 0.15) is 12.0 Å². The summed E-state index contributed by atoms with van der Waals surface area (Å²) < 4.78 is 10.3. The third kappa shape index (κ3) is 1.87. The van der Waals surface area contributed by atoms with E-state index < -0.39 is 6.10 Å². The zero-order valence-electron chi connectivity index (χ0n) is 8.03. The minimum Gasteiger partial charge on any atom is -0.479 e. The Balaban J connectivity index is 2.03. The number of carbonyl (C=O) groups excluding carboxylic acids is 1. The lowest BCUT2D eigenvalue weighted by molar-refractivity contribution is -0.143. The molecule has 2 rings (SSSR count). The summed E-state index contributed by atoms with van der Waals surface area (Å²) in [5, 5.41) is 0. The SMILES string of the molecule is Cc1ccc(OC2CCOC2=O)cc1. The number of ether oxygens (including phenoxy) is 2. The van der Waals surface area contributed by atoms with Crippen LogP contribution in [-0.2, 0) is 9.53 Å². The molecule has 0 aliphatic carbocycles. The van der Waals surface area contributed by atoms with Crippen LogP contribution >= 0.6 is 0 Å². The molecule has 1 fully saturated rings. The topological polar surface area (TPSA) is 35.5 Å². The summed E-state index contributed by atoms with van der Waals surface area (Å²) in [4.78, 5) is 11.1. The van der Waals surface area contributed by atoms with Gasteiger partial charge < -0.3 is 9.47 Å². The minimum atomic E-state index is -0.419. The van der Waals surface area contributed by atoms with Crippen LogP contribution < -0.4 is 4.74 Å². The van der Waals surface area contributed by atoms with Gasteiger partial charge in [0.05, 0.1) is 6.61 Å². The van der Waals surface area contributed by atoms with Crippen LogP contribution in [0.3, 0.4) is 0 Å². The minimum absolute atomic E-state index is 0.259. The Morgan fingerprint density at radius 3 is 2.64 bits per heavy atom. The fraction of sp³-hybridized carbons (Fsp3) is 0.364. The maximum absolute atomic E-state index is 11.1. The zero-order valence-corrected chi connectivity index (χ0v) is 8.03. The van der Waals surface area contributed by atoms with Crippen molar-refractivity contribution >= 4 is 5.97 Å². The molecular formula is C11H12O3. The van der Waals surface area contributed by atoms with Crippen LogP contribution in [0.25, 0.3) is 0 Å². The molecule has 0 saturated carbocycles. The van der Waals surface area contributed by atoms with Crippen molar-refractivity contribution in [2.24, 2.45) is 0 Å². The van der Waals surface area contributed by atoms with Crippen LogP contribution in [0, 0.1) is 6.92 Å². The highest BCUT2D eigenvalue weighted by atomic mass is 16.6. The van der Waals surface area contributed by atoms with Gasteiger partial charge in [0.1, 0.15) is 5.75 Å². The van der Waals surface area contributed by atoms with Crippen LogP contribution in [0.4, 0.5) is 0 Å². The van der Waals surface area contributed by atoms with Gasteiger partial charge in [-0.1, -0.05) is 17.7 Å². The van der Waals surface area contributed by atoms with E-state index in [1.54, 1.807) is 0 Å². The highest BCUT2D eigenvalue weighted by molar-refractivity contribution is 5.76. The van der Waals surface area contributed by atoms with E-state index in [4.69, 9.17) is 9.47 Å². The molecule has 1 heterocycles. The standard InChI is InChI=1S/C11H12O3/c1-8-2-4-9(5-3-8)14-10-6-7-13-11(10)12/h2-5,10H,6-7H2,1H3. The van der Waals surface area contributed by atoms with Gasteiger partial charge in [0.15, 0.2) is 6.10 Å². The molecule has 0 bridgehead atoms. The smallest absolute Gasteiger partial charge is 0.347 e. The van der Waals surface area contributed by atoms with E-state index in [-0.39, 0.29) is 5.97 Å². The summed E-state index contributed by atoms with van der Waals surface area (Å²) in [6, 6.07) is 7.63. The van der Waals surface area contributed by atoms with Gasteiger partial charge in [-0.25, -0.2) is 4.79 Å². The number of aryl methyl sites for hydroxylation is 1. The van der Waals surface area contributed by atoms with E-state index >= 15 is 0 Å². The monoisotopic (exact) mass is 192 g/mol. The molecule has 0 N–H and O–H groups in total. The van der Waals surface area contributed by atoms with Gasteiger partial charge in [0.2, 0.25) is 0 Å². The lowest BCUT2D eigenvalue weighted by atomic mass is 10.2. The maximum atomic E-state index is 11.1. The molecular weight excluding hydrogens is 180 g/mol. The summed E-state index contributed by atoms with van der Waals surface area (Å²) in [6.45, 7) is 2.48. The molecule has 0 spiro atoms. The first-order valence-electron chi connectivity index (χ1n) is 4.66. The van der Waals surface area contributed by atoms with E-state index in [2.05, 4.69) is 0 Å². The number of carbonyl (C=O) groups is 1. The molecule has 1 aromatic rings. The molecule has 0 radical (unpaired) electrons. The molecule has 14 heavy (non-hydrogen) atoms. The third-order valence-electron chi connectivity index (χ3n) is 2.19. The van der Waals surface area contributed by atoms with Gasteiger partial charge in [-0.3, -0.25) is 0 Å². The molecule has 1 unspecified atom stereocenters. The number of hydrogen-bond donors (Lipinski definition) is 0. The summed E-state index contributed by atoms with van der Waals surface area (Å²) in [7, 11) is 0. The van der Waals surface area contributed by atoms with Gasteiger partial charge in [-0.15, -0.1) is 0 Å². The molecule has 3 heteroatoms. The van der Waals surface area contributed by atoms with Crippen molar-refractivity contribution < 1.29 is 14.3 Å². The summed E-state index contributed by atoms with van der Waals surface area (Å²) in [6.07, 6.45) is 0.227. The Morgan fingerprint density at radius 2 is 2.07 bits per heavy atom. The zero-order chi connectivity index (χ0) is 9.97. The number of benzene rings is 1. The summed E-state index contributed by atoms with van der Waals surface area (Å²) >= 11 is 0. The number of esters is 1. The second kappa shape index (κ2) is 3.70. The fourth-order valence-electron chi connectivity index (χ4n) is 1.37. The van der Waals surface area contributed by atoms with Crippen LogP contribution in [0.2, 0.25) is 0 Å². The van der Waals surface area contributed by atoms with Gasteiger partial charge >= 0.3 is 5.97 Å². The highest BCUT2D eigenvalue weighted by Crippen LogP contribution is 2.17. The molecule has 1 saturated heterocycles. The molecule has 0 aromatic heterocycles. The van der Waals surface area contributed by atoms with Crippen molar-refractivity contribution in [2.45, 2.75) is 19.4 Å². The van der Waals surface area contributed by atoms with Gasteiger partial charge in [-0.2, -0.15) is 0 Å². The van der Waals surface area contributed by atoms with E-state index in [1.165, 1.54) is 5.56 Å². The second-order valence-corrected chi connectivity index (χ2v) is 3.38. The molecule has 1 aliphatic rings. The average Bonchev–Trinajstić information content (AvgIpc) is 2.56. The summed E-state index contributed by atoms with van der Waals surface area (Å²) in [5.74, 6) is 0.463. The predicted molar refractivity (Wildman–Crippen MR) is 51.2 cm³/mol. The lowest BCUT2D eigenvalue weighted by Gasteiger charge is -2.09. The summed E-state index contributed by atoms with van der Waals surface area (Å²) in [5.41, 5.74) is 1.17. The van der Waals surface area contributed by atoms with Crippen molar-refractivity contribution in [3.63, 3.8) is 0 Å². The highest BCUT2D eigenvalue weighted by Gasteiger charge is 2.28. The number of hydrogen-bond acceptors (Lipinski definition) is 3. The number of cyclic esters (lactones) is 1.